The minimum Gasteiger partial charge on any atom is -0.493 e. The second-order valence-corrected chi connectivity index (χ2v) is 9.36. The lowest BCUT2D eigenvalue weighted by molar-refractivity contribution is 0.0742. The highest BCUT2D eigenvalue weighted by atomic mass is 16.5. The number of hydrogen-bond acceptors (Lipinski definition) is 10. The first-order valence-electron chi connectivity index (χ1n) is 13.1. The summed E-state index contributed by atoms with van der Waals surface area (Å²) in [7, 11) is 6.18. The number of anilines is 2. The van der Waals surface area contributed by atoms with E-state index in [0.29, 0.717) is 89.8 Å². The molecule has 0 unspecified atom stereocenters. The summed E-state index contributed by atoms with van der Waals surface area (Å²) in [4.78, 5) is 26.6. The van der Waals surface area contributed by atoms with Crippen LogP contribution in [0.2, 0.25) is 0 Å². The van der Waals surface area contributed by atoms with Crippen molar-refractivity contribution in [2.24, 2.45) is 0 Å². The minimum atomic E-state index is -0.162. The number of carbonyl (C=O) groups excluding carboxylic acids is 1. The molecule has 2 heterocycles. The van der Waals surface area contributed by atoms with Crippen LogP contribution in [-0.4, -0.2) is 75.4 Å². The highest BCUT2D eigenvalue weighted by Gasteiger charge is 2.28. The number of piperazine rings is 1. The monoisotopic (exact) mass is 559 g/mol. The Kier molecular flexibility index (Phi) is 8.14. The third kappa shape index (κ3) is 5.56. The van der Waals surface area contributed by atoms with Crippen molar-refractivity contribution in [3.63, 3.8) is 0 Å². The molecule has 214 valence electrons. The first-order chi connectivity index (χ1) is 20.0. The van der Waals surface area contributed by atoms with E-state index in [2.05, 4.69) is 4.98 Å². The van der Waals surface area contributed by atoms with E-state index >= 15 is 0 Å². The number of aromatic nitrogens is 2. The maximum Gasteiger partial charge on any atom is 0.257 e. The van der Waals surface area contributed by atoms with Crippen LogP contribution in [0.15, 0.2) is 54.6 Å². The number of hydrogen-bond donors (Lipinski definition) is 1. The molecule has 1 saturated heterocycles. The van der Waals surface area contributed by atoms with Gasteiger partial charge in [0, 0.05) is 37.6 Å². The van der Waals surface area contributed by atoms with Crippen LogP contribution in [0.4, 0.5) is 11.8 Å². The van der Waals surface area contributed by atoms with E-state index in [0.717, 1.165) is 5.56 Å². The molecule has 1 aliphatic rings. The fourth-order valence-corrected chi connectivity index (χ4v) is 4.85. The van der Waals surface area contributed by atoms with Gasteiger partial charge in [0.05, 0.1) is 39.5 Å². The Hall–Kier alpha value is -4.93. The molecule has 0 spiro atoms. The van der Waals surface area contributed by atoms with Crippen molar-refractivity contribution in [1.82, 2.24) is 14.9 Å². The quantitative estimate of drug-likeness (QED) is 0.324. The lowest BCUT2D eigenvalue weighted by Crippen LogP contribution is -2.49. The Morgan fingerprint density at radius 2 is 1.49 bits per heavy atom. The molecule has 1 aliphatic heterocycles. The zero-order valence-electron chi connectivity index (χ0n) is 23.5. The second kappa shape index (κ2) is 12.1. The lowest BCUT2D eigenvalue weighted by atomic mass is 10.1. The molecule has 0 bridgehead atoms. The number of benzene rings is 3. The van der Waals surface area contributed by atoms with Crippen molar-refractivity contribution in [1.29, 1.82) is 0 Å². The molecule has 1 fully saturated rings. The lowest BCUT2D eigenvalue weighted by Gasteiger charge is -2.35. The van der Waals surface area contributed by atoms with E-state index < -0.39 is 0 Å². The number of amides is 1. The fraction of sp³-hybridized carbons (Fsp3) is 0.300. The molecule has 5 rings (SSSR count). The summed E-state index contributed by atoms with van der Waals surface area (Å²) in [6.07, 6.45) is 0. The van der Waals surface area contributed by atoms with Gasteiger partial charge in [0.2, 0.25) is 11.7 Å². The van der Waals surface area contributed by atoms with Crippen LogP contribution in [0.3, 0.4) is 0 Å². The molecular weight excluding hydrogens is 526 g/mol. The summed E-state index contributed by atoms with van der Waals surface area (Å²) in [5.41, 5.74) is 8.35. The highest BCUT2D eigenvalue weighted by molar-refractivity contribution is 5.98. The molecule has 2 N–H and O–H groups in total. The van der Waals surface area contributed by atoms with Crippen LogP contribution in [0.25, 0.3) is 10.9 Å². The topological polar surface area (TPSA) is 122 Å². The van der Waals surface area contributed by atoms with E-state index in [1.807, 2.05) is 35.2 Å². The highest BCUT2D eigenvalue weighted by Crippen LogP contribution is 2.41. The van der Waals surface area contributed by atoms with E-state index in [9.17, 15) is 4.79 Å². The zero-order valence-corrected chi connectivity index (χ0v) is 23.5. The molecule has 1 aromatic heterocycles. The molecule has 41 heavy (non-hydrogen) atoms. The second-order valence-electron chi connectivity index (χ2n) is 9.36. The van der Waals surface area contributed by atoms with Crippen molar-refractivity contribution in [2.45, 2.75) is 6.61 Å². The number of carbonyl (C=O) groups is 1. The van der Waals surface area contributed by atoms with Crippen molar-refractivity contribution in [3.8, 4) is 28.7 Å². The van der Waals surface area contributed by atoms with Crippen LogP contribution in [0.5, 0.6) is 28.7 Å². The summed E-state index contributed by atoms with van der Waals surface area (Å²) in [5, 5.41) is 0.678. The number of nitrogens with two attached hydrogens (primary N) is 1. The molecule has 11 nitrogen and oxygen atoms in total. The van der Waals surface area contributed by atoms with Crippen molar-refractivity contribution < 1.29 is 28.5 Å². The number of nitrogens with zero attached hydrogens (tertiary/aromatic N) is 4. The Bertz CT molecular complexity index is 1540. The van der Waals surface area contributed by atoms with Gasteiger partial charge in [0.25, 0.3) is 5.91 Å². The summed E-state index contributed by atoms with van der Waals surface area (Å²) in [6.45, 7) is 2.34. The summed E-state index contributed by atoms with van der Waals surface area (Å²) in [5.74, 6) is 2.99. The van der Waals surface area contributed by atoms with Gasteiger partial charge in [0.15, 0.2) is 23.0 Å². The van der Waals surface area contributed by atoms with Gasteiger partial charge in [-0.25, -0.2) is 4.98 Å². The van der Waals surface area contributed by atoms with E-state index in [4.69, 9.17) is 34.4 Å². The summed E-state index contributed by atoms with van der Waals surface area (Å²) < 4.78 is 28.0. The first kappa shape index (κ1) is 27.6. The van der Waals surface area contributed by atoms with Crippen molar-refractivity contribution >= 4 is 28.6 Å². The van der Waals surface area contributed by atoms with E-state index in [-0.39, 0.29) is 5.91 Å². The van der Waals surface area contributed by atoms with Gasteiger partial charge in [-0.2, -0.15) is 4.98 Å². The zero-order chi connectivity index (χ0) is 28.9. The molecule has 4 aromatic rings. The molecule has 1 amide bonds. The molecule has 0 saturated carbocycles. The van der Waals surface area contributed by atoms with Gasteiger partial charge in [0.1, 0.15) is 12.4 Å². The SMILES string of the molecule is COc1cc2nc(N3CCN(C(=O)c4ccc(OCc5ccccc5)c(OC)c4OC)CC3)nc(N)c2cc1OC. The Balaban J connectivity index is 1.31. The van der Waals surface area contributed by atoms with Gasteiger partial charge < -0.3 is 39.2 Å². The predicted octanol–water partition coefficient (Wildman–Crippen LogP) is 3.79. The average molecular weight is 560 g/mol. The molecular formula is C30H33N5O6. The maximum atomic E-state index is 13.6. The maximum absolute atomic E-state index is 13.6. The summed E-state index contributed by atoms with van der Waals surface area (Å²) in [6, 6.07) is 16.8. The van der Waals surface area contributed by atoms with Crippen LogP contribution in [0, 0.1) is 0 Å². The average Bonchev–Trinajstić information content (AvgIpc) is 3.02. The van der Waals surface area contributed by atoms with Gasteiger partial charge in [-0.05, 0) is 23.8 Å². The normalized spacial score (nSPS) is 13.2. The van der Waals surface area contributed by atoms with Gasteiger partial charge >= 0.3 is 0 Å². The van der Waals surface area contributed by atoms with Crippen molar-refractivity contribution in [3.05, 3.63) is 65.7 Å². The van der Waals surface area contributed by atoms with Gasteiger partial charge in [-0.1, -0.05) is 30.3 Å². The smallest absolute Gasteiger partial charge is 0.257 e. The van der Waals surface area contributed by atoms with Crippen LogP contribution in [-0.2, 0) is 6.61 Å². The Morgan fingerprint density at radius 3 is 2.15 bits per heavy atom. The Morgan fingerprint density at radius 1 is 0.805 bits per heavy atom. The van der Waals surface area contributed by atoms with E-state index in [1.165, 1.54) is 14.2 Å². The Labute approximate surface area is 238 Å². The summed E-state index contributed by atoms with van der Waals surface area (Å²) >= 11 is 0. The van der Waals surface area contributed by atoms with Crippen LogP contribution < -0.4 is 34.3 Å². The largest absolute Gasteiger partial charge is 0.493 e. The van der Waals surface area contributed by atoms with Crippen molar-refractivity contribution in [2.75, 3.05) is 65.3 Å². The number of fused-ring (bicyclic) bond motifs is 1. The third-order valence-corrected chi connectivity index (χ3v) is 7.02. The first-order valence-corrected chi connectivity index (χ1v) is 13.1. The molecule has 3 aromatic carbocycles. The standard InChI is InChI=1S/C30H33N5O6/c1-37-24-16-21-22(17-25(24)38-2)32-30(33-28(21)31)35-14-12-34(13-15-35)29(36)20-10-11-23(27(40-4)26(20)39-3)41-18-19-8-6-5-7-9-19/h5-11,16-17H,12-15,18H2,1-4H3,(H2,31,32,33). The molecule has 0 aliphatic carbocycles. The number of ether oxygens (including phenoxy) is 5. The van der Waals surface area contributed by atoms with Crippen LogP contribution in [0.1, 0.15) is 15.9 Å². The molecule has 11 heteroatoms. The fourth-order valence-electron chi connectivity index (χ4n) is 4.85. The van der Waals surface area contributed by atoms with Crippen LogP contribution >= 0.6 is 0 Å². The number of rotatable bonds is 9. The van der Waals surface area contributed by atoms with Gasteiger partial charge in [-0.15, -0.1) is 0 Å². The molecule has 0 atom stereocenters. The third-order valence-electron chi connectivity index (χ3n) is 7.02. The number of methoxy groups -OCH3 is 4. The van der Waals surface area contributed by atoms with E-state index in [1.54, 1.807) is 43.4 Å². The predicted molar refractivity (Wildman–Crippen MR) is 155 cm³/mol. The molecule has 0 radical (unpaired) electrons. The minimum absolute atomic E-state index is 0.162. The number of nitrogen functional groups attached to an aromatic ring is 1. The van der Waals surface area contributed by atoms with Gasteiger partial charge in [-0.3, -0.25) is 4.79 Å².